The quantitative estimate of drug-likeness (QED) is 0.370. The van der Waals surface area contributed by atoms with Crippen molar-refractivity contribution in [2.45, 2.75) is 20.0 Å². The fourth-order valence-electron chi connectivity index (χ4n) is 3.69. The van der Waals surface area contributed by atoms with Crippen LogP contribution in [-0.4, -0.2) is 33.2 Å². The topological polar surface area (TPSA) is 92.4 Å². The molecule has 0 aliphatic rings. The Kier molecular flexibility index (Phi) is 6.48. The van der Waals surface area contributed by atoms with Gasteiger partial charge in [0.05, 0.1) is 23.2 Å². The molecule has 0 saturated carbocycles. The molecule has 2 heterocycles. The molecule has 36 heavy (non-hydrogen) atoms. The summed E-state index contributed by atoms with van der Waals surface area (Å²) in [5.41, 5.74) is -0.608. The highest BCUT2D eigenvalue weighted by Gasteiger charge is 2.35. The molecule has 2 aromatic heterocycles. The predicted molar refractivity (Wildman–Crippen MR) is 128 cm³/mol. The maximum absolute atomic E-state index is 13.2. The summed E-state index contributed by atoms with van der Waals surface area (Å²) in [7, 11) is 2.20. The lowest BCUT2D eigenvalue weighted by Gasteiger charge is -2.14. The number of aryl methyl sites for hydroxylation is 2. The molecule has 8 nitrogen and oxygen atoms in total. The number of carbonyl (C=O) groups is 1. The molecule has 0 aliphatic carbocycles. The molecule has 0 unspecified atom stereocenters. The van der Waals surface area contributed by atoms with E-state index in [9.17, 15) is 27.6 Å². The van der Waals surface area contributed by atoms with Gasteiger partial charge in [0.1, 0.15) is 11.4 Å². The fourth-order valence-corrected chi connectivity index (χ4v) is 4.45. The van der Waals surface area contributed by atoms with E-state index in [1.54, 1.807) is 12.1 Å². The van der Waals surface area contributed by atoms with Crippen LogP contribution in [0.4, 0.5) is 13.2 Å². The first kappa shape index (κ1) is 25.2. The molecule has 0 saturated heterocycles. The number of fused-ring (bicyclic) bond motifs is 1. The second-order valence-corrected chi connectivity index (χ2v) is 8.86. The molecule has 0 spiro atoms. The van der Waals surface area contributed by atoms with Gasteiger partial charge in [0.25, 0.3) is 5.56 Å². The van der Waals surface area contributed by atoms with Crippen LogP contribution in [0.15, 0.2) is 46.0 Å². The molecular weight excluding hydrogens is 499 g/mol. The van der Waals surface area contributed by atoms with E-state index in [0.29, 0.717) is 42.3 Å². The Morgan fingerprint density at radius 2 is 1.78 bits per heavy atom. The Morgan fingerprint density at radius 3 is 2.44 bits per heavy atom. The van der Waals surface area contributed by atoms with Gasteiger partial charge in [-0.1, -0.05) is 0 Å². The number of carbonyl (C=O) groups excluding carboxylic acids is 1. The first-order chi connectivity index (χ1) is 16.9. The van der Waals surface area contributed by atoms with Crippen molar-refractivity contribution >= 4 is 27.6 Å². The summed E-state index contributed by atoms with van der Waals surface area (Å²) >= 11 is 1.16. The lowest BCUT2D eigenvalue weighted by molar-refractivity contribution is -0.144. The summed E-state index contributed by atoms with van der Waals surface area (Å²) < 4.78 is 56.3. The minimum atomic E-state index is -4.86. The van der Waals surface area contributed by atoms with Crippen molar-refractivity contribution in [3.05, 3.63) is 74.1 Å². The van der Waals surface area contributed by atoms with Gasteiger partial charge in [0.2, 0.25) is 0 Å². The number of ether oxygens (including phenoxy) is 2. The van der Waals surface area contributed by atoms with Crippen molar-refractivity contribution < 1.29 is 27.4 Å². The number of esters is 1. The standard InChI is InChI=1S/C24H20F3N3O5S/c1-12-7-15(17(8-13(12)2)35-11-21(32)34-4)22-16-9-14(5-6-18(16)36-28-22)30-20(31)10-19(24(25,26)27)29(3)23(30)33/h5-10H,11H2,1-4H3. The number of aromatic nitrogens is 3. The van der Waals surface area contributed by atoms with Crippen LogP contribution in [0.5, 0.6) is 5.75 Å². The Labute approximate surface area is 206 Å². The molecule has 0 atom stereocenters. The van der Waals surface area contributed by atoms with Crippen molar-refractivity contribution in [3.8, 4) is 22.7 Å². The van der Waals surface area contributed by atoms with E-state index in [2.05, 4.69) is 9.11 Å². The van der Waals surface area contributed by atoms with Crippen molar-refractivity contribution in [2.75, 3.05) is 13.7 Å². The Balaban J connectivity index is 1.90. The number of rotatable bonds is 5. The highest BCUT2D eigenvalue weighted by atomic mass is 32.1. The van der Waals surface area contributed by atoms with Gasteiger partial charge in [-0.15, -0.1) is 0 Å². The summed E-state index contributed by atoms with van der Waals surface area (Å²) in [6, 6.07) is 8.61. The number of benzene rings is 2. The van der Waals surface area contributed by atoms with Crippen LogP contribution < -0.4 is 16.0 Å². The largest absolute Gasteiger partial charge is 0.481 e. The minimum absolute atomic E-state index is 0.0872. The van der Waals surface area contributed by atoms with Gasteiger partial charge in [0, 0.05) is 24.1 Å². The van der Waals surface area contributed by atoms with Crippen molar-refractivity contribution in [3.63, 3.8) is 0 Å². The van der Waals surface area contributed by atoms with Crippen molar-refractivity contribution in [2.24, 2.45) is 7.05 Å². The molecule has 0 radical (unpaired) electrons. The molecule has 0 aliphatic heterocycles. The van der Waals surface area contributed by atoms with Crippen LogP contribution in [0, 0.1) is 13.8 Å². The summed E-state index contributed by atoms with van der Waals surface area (Å²) in [5.74, 6) is -0.189. The number of hydrogen-bond acceptors (Lipinski definition) is 7. The van der Waals surface area contributed by atoms with Gasteiger partial charge in [0.15, 0.2) is 6.61 Å². The van der Waals surface area contributed by atoms with Crippen molar-refractivity contribution in [1.29, 1.82) is 0 Å². The zero-order valence-electron chi connectivity index (χ0n) is 19.6. The summed E-state index contributed by atoms with van der Waals surface area (Å²) in [4.78, 5) is 37.0. The summed E-state index contributed by atoms with van der Waals surface area (Å²) in [6.45, 7) is 3.46. The van der Waals surface area contributed by atoms with Crippen LogP contribution in [0.2, 0.25) is 0 Å². The number of alkyl halides is 3. The third-order valence-corrected chi connectivity index (χ3v) is 6.57. The number of hydrogen-bond donors (Lipinski definition) is 0. The van der Waals surface area contributed by atoms with E-state index in [-0.39, 0.29) is 12.3 Å². The zero-order chi connectivity index (χ0) is 26.4. The van der Waals surface area contributed by atoms with Gasteiger partial charge in [-0.25, -0.2) is 14.2 Å². The van der Waals surface area contributed by atoms with Gasteiger partial charge in [-0.3, -0.25) is 9.36 Å². The van der Waals surface area contributed by atoms with Gasteiger partial charge in [-0.2, -0.15) is 17.5 Å². The number of methoxy groups -OCH3 is 1. The lowest BCUT2D eigenvalue weighted by atomic mass is 10.0. The zero-order valence-corrected chi connectivity index (χ0v) is 20.4. The molecule has 4 aromatic rings. The maximum Gasteiger partial charge on any atom is 0.431 e. The van der Waals surface area contributed by atoms with E-state index < -0.39 is 29.1 Å². The highest BCUT2D eigenvalue weighted by molar-refractivity contribution is 7.13. The van der Waals surface area contributed by atoms with Crippen molar-refractivity contribution in [1.82, 2.24) is 13.5 Å². The van der Waals surface area contributed by atoms with E-state index in [1.807, 2.05) is 19.9 Å². The summed E-state index contributed by atoms with van der Waals surface area (Å²) in [5, 5.41) is 0.553. The Morgan fingerprint density at radius 1 is 1.08 bits per heavy atom. The molecule has 188 valence electrons. The average molecular weight is 520 g/mol. The first-order valence-electron chi connectivity index (χ1n) is 10.5. The highest BCUT2D eigenvalue weighted by Crippen LogP contribution is 2.38. The van der Waals surface area contributed by atoms with Crippen LogP contribution in [0.1, 0.15) is 16.8 Å². The van der Waals surface area contributed by atoms with Crippen LogP contribution in [0.3, 0.4) is 0 Å². The monoisotopic (exact) mass is 519 g/mol. The third kappa shape index (κ3) is 4.51. The minimum Gasteiger partial charge on any atom is -0.481 e. The SMILES string of the molecule is COC(=O)COc1cc(C)c(C)cc1-c1nsc2ccc(-n3c(=O)cc(C(F)(F)F)n(C)c3=O)cc12. The molecular formula is C24H20F3N3O5S. The first-order valence-corrected chi connectivity index (χ1v) is 11.3. The molecule has 2 aromatic carbocycles. The molecule has 12 heteroatoms. The Hall–Kier alpha value is -3.93. The normalized spacial score (nSPS) is 11.6. The van der Waals surface area contributed by atoms with Crippen LogP contribution in [-0.2, 0) is 22.8 Å². The van der Waals surface area contributed by atoms with Gasteiger partial charge < -0.3 is 9.47 Å². The fraction of sp³-hybridized carbons (Fsp3) is 0.250. The summed E-state index contributed by atoms with van der Waals surface area (Å²) in [6.07, 6.45) is -4.86. The van der Waals surface area contributed by atoms with Crippen LogP contribution >= 0.6 is 11.5 Å². The molecule has 4 rings (SSSR count). The molecule has 0 fully saturated rings. The van der Waals surface area contributed by atoms with Gasteiger partial charge >= 0.3 is 17.8 Å². The van der Waals surface area contributed by atoms with Crippen LogP contribution in [0.25, 0.3) is 27.0 Å². The van der Waals surface area contributed by atoms with E-state index >= 15 is 0 Å². The predicted octanol–water partition coefficient (Wildman–Crippen LogP) is 4.00. The smallest absolute Gasteiger partial charge is 0.431 e. The second-order valence-electron chi connectivity index (χ2n) is 8.05. The molecule has 0 N–H and O–H groups in total. The van der Waals surface area contributed by atoms with E-state index in [0.717, 1.165) is 29.7 Å². The molecule has 0 amide bonds. The molecule has 0 bridgehead atoms. The Bertz CT molecular complexity index is 1620. The number of nitrogens with zero attached hydrogens (tertiary/aromatic N) is 3. The van der Waals surface area contributed by atoms with E-state index in [4.69, 9.17) is 4.74 Å². The number of halogens is 3. The third-order valence-electron chi connectivity index (χ3n) is 5.75. The lowest BCUT2D eigenvalue weighted by Crippen LogP contribution is -2.40. The van der Waals surface area contributed by atoms with Gasteiger partial charge in [-0.05, 0) is 66.8 Å². The average Bonchev–Trinajstić information content (AvgIpc) is 3.24. The second kappa shape index (κ2) is 9.26. The van der Waals surface area contributed by atoms with E-state index in [1.165, 1.54) is 19.2 Å². The maximum atomic E-state index is 13.2.